The number of hydrogen-bond donors (Lipinski definition) is 2. The van der Waals surface area contributed by atoms with Crippen LogP contribution in [0.3, 0.4) is 0 Å². The van der Waals surface area contributed by atoms with E-state index in [0.29, 0.717) is 12.4 Å². The van der Waals surface area contributed by atoms with E-state index in [4.69, 9.17) is 0 Å². The van der Waals surface area contributed by atoms with E-state index in [9.17, 15) is 10.1 Å². The second kappa shape index (κ2) is 5.32. The lowest BCUT2D eigenvalue weighted by atomic mass is 10.1. The van der Waals surface area contributed by atoms with Crippen molar-refractivity contribution in [1.29, 1.82) is 0 Å². The summed E-state index contributed by atoms with van der Waals surface area (Å²) in [6.07, 6.45) is 0. The molecule has 2 aromatic rings. The average Bonchev–Trinajstić information content (AvgIpc) is 2.89. The predicted octanol–water partition coefficient (Wildman–Crippen LogP) is 0.959. The van der Waals surface area contributed by atoms with Crippen molar-refractivity contribution in [3.05, 3.63) is 45.8 Å². The number of nitrogens with one attached hydrogen (secondary N) is 2. The van der Waals surface area contributed by atoms with Crippen LogP contribution in [0.4, 0.5) is 5.69 Å². The van der Waals surface area contributed by atoms with E-state index in [1.807, 2.05) is 6.92 Å². The van der Waals surface area contributed by atoms with Crippen molar-refractivity contribution in [3.8, 4) is 0 Å². The van der Waals surface area contributed by atoms with Gasteiger partial charge in [-0.05, 0) is 12.5 Å². The molecule has 0 saturated carbocycles. The molecule has 0 bridgehead atoms. The standard InChI is InChI=1S/C10H12N6O2/c1-7(11-6-10-12-14-15-13-10)8-2-4-9(5-3-8)16(17)18/h2-5,7,11H,6H2,1H3,(H,12,13,14,15). The Hall–Kier alpha value is -2.35. The molecule has 0 radical (unpaired) electrons. The van der Waals surface area contributed by atoms with Gasteiger partial charge in [-0.2, -0.15) is 5.21 Å². The highest BCUT2D eigenvalue weighted by molar-refractivity contribution is 5.33. The van der Waals surface area contributed by atoms with Crippen molar-refractivity contribution >= 4 is 5.69 Å². The number of tetrazole rings is 1. The van der Waals surface area contributed by atoms with Crippen molar-refractivity contribution in [2.45, 2.75) is 19.5 Å². The molecule has 1 aromatic carbocycles. The zero-order valence-electron chi connectivity index (χ0n) is 9.70. The highest BCUT2D eigenvalue weighted by atomic mass is 16.6. The van der Waals surface area contributed by atoms with Crippen molar-refractivity contribution in [2.75, 3.05) is 0 Å². The molecular formula is C10H12N6O2. The Kier molecular flexibility index (Phi) is 3.58. The zero-order valence-corrected chi connectivity index (χ0v) is 9.70. The molecule has 1 unspecified atom stereocenters. The number of benzene rings is 1. The maximum Gasteiger partial charge on any atom is 0.269 e. The fraction of sp³-hybridized carbons (Fsp3) is 0.300. The van der Waals surface area contributed by atoms with Gasteiger partial charge in [-0.3, -0.25) is 10.1 Å². The number of aromatic amines is 1. The third-order valence-electron chi connectivity index (χ3n) is 2.56. The van der Waals surface area contributed by atoms with Gasteiger partial charge in [-0.25, -0.2) is 0 Å². The number of nitrogens with zero attached hydrogens (tertiary/aromatic N) is 4. The summed E-state index contributed by atoms with van der Waals surface area (Å²) >= 11 is 0. The molecular weight excluding hydrogens is 236 g/mol. The summed E-state index contributed by atoms with van der Waals surface area (Å²) < 4.78 is 0. The first-order valence-electron chi connectivity index (χ1n) is 5.37. The first-order valence-corrected chi connectivity index (χ1v) is 5.37. The van der Waals surface area contributed by atoms with Gasteiger partial charge >= 0.3 is 0 Å². The van der Waals surface area contributed by atoms with E-state index in [1.54, 1.807) is 12.1 Å². The molecule has 0 saturated heterocycles. The minimum Gasteiger partial charge on any atom is -0.303 e. The Bertz CT molecular complexity index is 510. The summed E-state index contributed by atoms with van der Waals surface area (Å²) in [7, 11) is 0. The van der Waals surface area contributed by atoms with E-state index in [1.165, 1.54) is 12.1 Å². The Morgan fingerprint density at radius 3 is 2.72 bits per heavy atom. The predicted molar refractivity (Wildman–Crippen MR) is 62.5 cm³/mol. The van der Waals surface area contributed by atoms with E-state index in [-0.39, 0.29) is 11.7 Å². The third kappa shape index (κ3) is 2.86. The van der Waals surface area contributed by atoms with Crippen LogP contribution < -0.4 is 5.32 Å². The molecule has 0 amide bonds. The van der Waals surface area contributed by atoms with E-state index < -0.39 is 4.92 Å². The molecule has 1 heterocycles. The van der Waals surface area contributed by atoms with Crippen molar-refractivity contribution < 1.29 is 4.92 Å². The molecule has 94 valence electrons. The van der Waals surface area contributed by atoms with E-state index in [0.717, 1.165) is 5.56 Å². The Balaban J connectivity index is 1.96. The summed E-state index contributed by atoms with van der Waals surface area (Å²) in [6, 6.07) is 6.48. The van der Waals surface area contributed by atoms with Crippen LogP contribution in [0.25, 0.3) is 0 Å². The number of non-ortho nitro benzene ring substituents is 1. The Morgan fingerprint density at radius 1 is 1.44 bits per heavy atom. The fourth-order valence-electron chi connectivity index (χ4n) is 1.50. The summed E-state index contributed by atoms with van der Waals surface area (Å²) in [5.74, 6) is 0.573. The molecule has 1 aromatic heterocycles. The normalized spacial score (nSPS) is 12.3. The van der Waals surface area contributed by atoms with Crippen LogP contribution in [0, 0.1) is 10.1 Å². The van der Waals surface area contributed by atoms with E-state index >= 15 is 0 Å². The van der Waals surface area contributed by atoms with Gasteiger partial charge in [-0.1, -0.05) is 17.3 Å². The van der Waals surface area contributed by atoms with Gasteiger partial charge in [0.1, 0.15) is 0 Å². The van der Waals surface area contributed by atoms with Crippen LogP contribution >= 0.6 is 0 Å². The zero-order chi connectivity index (χ0) is 13.0. The molecule has 2 N–H and O–H groups in total. The lowest BCUT2D eigenvalue weighted by Gasteiger charge is -2.12. The SMILES string of the molecule is CC(NCc1nn[nH]n1)c1ccc([N+](=O)[O-])cc1. The van der Waals surface area contributed by atoms with Gasteiger partial charge in [0.15, 0.2) is 5.82 Å². The lowest BCUT2D eigenvalue weighted by molar-refractivity contribution is -0.384. The van der Waals surface area contributed by atoms with Crippen LogP contribution in [0.5, 0.6) is 0 Å². The molecule has 0 spiro atoms. The molecule has 1 atom stereocenters. The highest BCUT2D eigenvalue weighted by Crippen LogP contribution is 2.17. The van der Waals surface area contributed by atoms with Gasteiger partial charge in [-0.15, -0.1) is 10.2 Å². The third-order valence-corrected chi connectivity index (χ3v) is 2.56. The molecule has 0 aliphatic carbocycles. The van der Waals surface area contributed by atoms with Crippen molar-refractivity contribution in [3.63, 3.8) is 0 Å². The number of nitro benzene ring substituents is 1. The fourth-order valence-corrected chi connectivity index (χ4v) is 1.50. The number of nitro groups is 1. The minimum absolute atomic E-state index is 0.0457. The van der Waals surface area contributed by atoms with Crippen molar-refractivity contribution in [2.24, 2.45) is 0 Å². The molecule has 8 heteroatoms. The maximum absolute atomic E-state index is 10.5. The first kappa shape index (κ1) is 12.1. The van der Waals surface area contributed by atoms with Gasteiger partial charge < -0.3 is 5.32 Å². The van der Waals surface area contributed by atoms with Crippen LogP contribution in [0.15, 0.2) is 24.3 Å². The quantitative estimate of drug-likeness (QED) is 0.602. The first-order chi connectivity index (χ1) is 8.66. The Morgan fingerprint density at radius 2 is 2.17 bits per heavy atom. The van der Waals surface area contributed by atoms with Crippen LogP contribution in [-0.2, 0) is 6.54 Å². The smallest absolute Gasteiger partial charge is 0.269 e. The monoisotopic (exact) mass is 248 g/mol. The maximum atomic E-state index is 10.5. The van der Waals surface area contributed by atoms with Gasteiger partial charge in [0.2, 0.25) is 0 Å². The number of aromatic nitrogens is 4. The number of hydrogen-bond acceptors (Lipinski definition) is 6. The van der Waals surface area contributed by atoms with Crippen LogP contribution in [-0.4, -0.2) is 25.5 Å². The second-order valence-electron chi connectivity index (χ2n) is 3.78. The lowest BCUT2D eigenvalue weighted by Crippen LogP contribution is -2.18. The Labute approximate surface area is 103 Å². The molecule has 2 rings (SSSR count). The summed E-state index contributed by atoms with van der Waals surface area (Å²) in [5.41, 5.74) is 1.05. The average molecular weight is 248 g/mol. The molecule has 18 heavy (non-hydrogen) atoms. The summed E-state index contributed by atoms with van der Waals surface area (Å²) in [5, 5.41) is 27.2. The molecule has 8 nitrogen and oxygen atoms in total. The van der Waals surface area contributed by atoms with Gasteiger partial charge in [0.05, 0.1) is 11.5 Å². The number of rotatable bonds is 5. The molecule has 0 aliphatic rings. The molecule has 0 aliphatic heterocycles. The number of H-pyrrole nitrogens is 1. The van der Waals surface area contributed by atoms with Crippen LogP contribution in [0.2, 0.25) is 0 Å². The van der Waals surface area contributed by atoms with Gasteiger partial charge in [0.25, 0.3) is 5.69 Å². The highest BCUT2D eigenvalue weighted by Gasteiger charge is 2.09. The molecule has 0 fully saturated rings. The minimum atomic E-state index is -0.415. The van der Waals surface area contributed by atoms with Gasteiger partial charge in [0, 0.05) is 18.2 Å². The largest absolute Gasteiger partial charge is 0.303 e. The van der Waals surface area contributed by atoms with Crippen LogP contribution in [0.1, 0.15) is 24.4 Å². The van der Waals surface area contributed by atoms with E-state index in [2.05, 4.69) is 25.9 Å². The summed E-state index contributed by atoms with van der Waals surface area (Å²) in [6.45, 7) is 2.44. The topological polar surface area (TPSA) is 110 Å². The van der Waals surface area contributed by atoms with Crippen molar-refractivity contribution in [1.82, 2.24) is 25.9 Å². The second-order valence-corrected chi connectivity index (χ2v) is 3.78. The summed E-state index contributed by atoms with van der Waals surface area (Å²) in [4.78, 5) is 10.1.